The molecule has 0 fully saturated rings. The van der Waals surface area contributed by atoms with Crippen LogP contribution in [0.1, 0.15) is 64.9 Å². The van der Waals surface area contributed by atoms with E-state index in [0.29, 0.717) is 0 Å². The van der Waals surface area contributed by atoms with E-state index in [4.69, 9.17) is 0 Å². The van der Waals surface area contributed by atoms with Crippen molar-refractivity contribution < 1.29 is 4.57 Å². The Morgan fingerprint density at radius 3 is 1.45 bits per heavy atom. The van der Waals surface area contributed by atoms with E-state index in [1.165, 1.54) is 29.1 Å². The van der Waals surface area contributed by atoms with Crippen molar-refractivity contribution in [1.82, 2.24) is 0 Å². The third-order valence-corrected chi connectivity index (χ3v) is 2.59. The van der Waals surface area contributed by atoms with E-state index in [2.05, 4.69) is 75.6 Å². The second-order valence-electron chi connectivity index (χ2n) is 4.69. The minimum absolute atomic E-state index is 1.23. The summed E-state index contributed by atoms with van der Waals surface area (Å²) in [6.45, 7) is 18.7. The summed E-state index contributed by atoms with van der Waals surface area (Å²) in [5.74, 6) is 0. The van der Waals surface area contributed by atoms with Gasteiger partial charge in [0.2, 0.25) is 5.69 Å². The smallest absolute Gasteiger partial charge is 0.162 e. The Morgan fingerprint density at radius 2 is 1.09 bits per heavy atom. The van der Waals surface area contributed by atoms with Crippen LogP contribution < -0.4 is 4.57 Å². The highest BCUT2D eigenvalue weighted by Crippen LogP contribution is 2.06. The van der Waals surface area contributed by atoms with Gasteiger partial charge in [-0.25, -0.2) is 0 Å². The van der Waals surface area contributed by atoms with Crippen molar-refractivity contribution in [3.63, 3.8) is 0 Å². The molecule has 0 aliphatic heterocycles. The fraction of sp³-hybridized carbons (Fsp3) is 0.476. The van der Waals surface area contributed by atoms with Crippen LogP contribution in [0, 0.1) is 20.8 Å². The summed E-state index contributed by atoms with van der Waals surface area (Å²) >= 11 is 0. The first-order valence-electron chi connectivity index (χ1n) is 8.65. The van der Waals surface area contributed by atoms with Gasteiger partial charge in [0, 0.05) is 38.1 Å². The molecule has 124 valence electrons. The van der Waals surface area contributed by atoms with Crippen LogP contribution in [-0.2, 0) is 0 Å². The van der Waals surface area contributed by atoms with Gasteiger partial charge in [0.25, 0.3) is 0 Å². The van der Waals surface area contributed by atoms with Gasteiger partial charge in [0.05, 0.1) is 0 Å². The topological polar surface area (TPSA) is 3.88 Å². The molecule has 0 atom stereocenters. The zero-order valence-electron chi connectivity index (χ0n) is 16.2. The van der Waals surface area contributed by atoms with Crippen LogP contribution in [0.5, 0.6) is 0 Å². The zero-order chi connectivity index (χ0) is 17.5. The maximum Gasteiger partial charge on any atom is 0.211 e. The Hall–Kier alpha value is -1.63. The van der Waals surface area contributed by atoms with Crippen molar-refractivity contribution in [2.45, 2.75) is 68.7 Å². The Kier molecular flexibility index (Phi) is 14.7. The highest BCUT2D eigenvalue weighted by atomic mass is 15.0. The fourth-order valence-electron chi connectivity index (χ4n) is 2.09. The number of aromatic nitrogens is 1. The average Bonchev–Trinajstić information content (AvgIpc) is 2.52. The number of rotatable bonds is 1. The van der Waals surface area contributed by atoms with E-state index in [1.807, 2.05) is 33.8 Å². The van der Waals surface area contributed by atoms with Gasteiger partial charge < -0.3 is 0 Å². The molecule has 0 aliphatic carbocycles. The van der Waals surface area contributed by atoms with Crippen LogP contribution in [0.4, 0.5) is 0 Å². The molecule has 0 saturated carbocycles. The Morgan fingerprint density at radius 1 is 0.727 bits per heavy atom. The van der Waals surface area contributed by atoms with Crippen molar-refractivity contribution in [1.29, 1.82) is 0 Å². The summed E-state index contributed by atoms with van der Waals surface area (Å²) in [5.41, 5.74) is 5.10. The predicted molar refractivity (Wildman–Crippen MR) is 101 cm³/mol. The molecule has 1 heteroatoms. The minimum Gasteiger partial charge on any atom is -0.162 e. The second-order valence-corrected chi connectivity index (χ2v) is 4.69. The monoisotopic (exact) mass is 302 g/mol. The molecule has 1 heterocycles. The van der Waals surface area contributed by atoms with Gasteiger partial charge in [0.1, 0.15) is 0 Å². The fourth-order valence-corrected chi connectivity index (χ4v) is 2.09. The molecule has 0 spiro atoms. The summed E-state index contributed by atoms with van der Waals surface area (Å²) in [5, 5.41) is 0. The lowest BCUT2D eigenvalue weighted by molar-refractivity contribution is -0.609. The van der Waals surface area contributed by atoms with Crippen LogP contribution in [0.3, 0.4) is 0 Å². The lowest BCUT2D eigenvalue weighted by Crippen LogP contribution is -2.37. The van der Waals surface area contributed by atoms with Crippen molar-refractivity contribution in [3.8, 4) is 5.69 Å². The lowest BCUT2D eigenvalue weighted by Gasteiger charge is -2.04. The number of aryl methyl sites for hydroxylation is 3. The van der Waals surface area contributed by atoms with Crippen molar-refractivity contribution in [3.05, 3.63) is 59.4 Å². The number of hydrogen-bond donors (Lipinski definition) is 0. The molecule has 0 aliphatic rings. The number of pyridine rings is 1. The van der Waals surface area contributed by atoms with Gasteiger partial charge in [-0.2, -0.15) is 4.57 Å². The van der Waals surface area contributed by atoms with Crippen molar-refractivity contribution >= 4 is 0 Å². The molecule has 0 radical (unpaired) electrons. The molecule has 2 rings (SSSR count). The van der Waals surface area contributed by atoms with Gasteiger partial charge in [-0.1, -0.05) is 66.2 Å². The highest BCUT2D eigenvalue weighted by molar-refractivity contribution is 5.24. The summed E-state index contributed by atoms with van der Waals surface area (Å²) in [4.78, 5) is 0. The molecule has 0 unspecified atom stereocenters. The third-order valence-electron chi connectivity index (χ3n) is 2.59. The number of benzene rings is 1. The number of nitrogens with zero attached hydrogens (tertiary/aromatic N) is 1. The molecule has 0 bridgehead atoms. The zero-order valence-corrected chi connectivity index (χ0v) is 16.2. The molecule has 0 N–H and O–H groups in total. The van der Waals surface area contributed by atoms with Crippen LogP contribution in [0.15, 0.2) is 42.5 Å². The standard InChI is InChI=1S/C14H16N.C3H8.2C2H6/c1-11-9-12(2)15(13(3)10-11)14-7-5-4-6-8-14;1-3-2;2*1-2/h4-10H,1-3H3;3H2,1-2H3;2*1-2H3/q+1;;;. The third kappa shape index (κ3) is 7.97. The number of para-hydroxylation sites is 1. The number of hydrogen-bond acceptors (Lipinski definition) is 0. The lowest BCUT2D eigenvalue weighted by atomic mass is 10.2. The SMILES string of the molecule is CC.CC.CCC.Cc1cc(C)[n+](-c2ccccc2)c(C)c1. The molecule has 0 saturated heterocycles. The van der Waals surface area contributed by atoms with E-state index in [0.717, 1.165) is 0 Å². The summed E-state index contributed by atoms with van der Waals surface area (Å²) in [6, 6.07) is 14.9. The Bertz CT molecular complexity index is 464. The maximum absolute atomic E-state index is 2.27. The van der Waals surface area contributed by atoms with Crippen LogP contribution in [0.25, 0.3) is 5.69 Å². The second kappa shape index (κ2) is 14.3. The molecule has 2 aromatic rings. The summed E-state index contributed by atoms with van der Waals surface area (Å²) in [7, 11) is 0. The molecule has 1 aromatic carbocycles. The van der Waals surface area contributed by atoms with E-state index in [1.54, 1.807) is 0 Å². The minimum atomic E-state index is 1.23. The normalized spacial score (nSPS) is 8.41. The molecule has 0 amide bonds. The Balaban J connectivity index is 0. The van der Waals surface area contributed by atoms with Crippen LogP contribution in [-0.4, -0.2) is 0 Å². The Labute approximate surface area is 139 Å². The summed E-state index contributed by atoms with van der Waals surface area (Å²) < 4.78 is 2.27. The van der Waals surface area contributed by atoms with Gasteiger partial charge in [-0.05, 0) is 12.5 Å². The first-order valence-corrected chi connectivity index (χ1v) is 8.65. The maximum atomic E-state index is 2.27. The van der Waals surface area contributed by atoms with E-state index < -0.39 is 0 Å². The molecular weight excluding hydrogens is 266 g/mol. The van der Waals surface area contributed by atoms with Gasteiger partial charge in [0.15, 0.2) is 11.4 Å². The summed E-state index contributed by atoms with van der Waals surface area (Å²) in [6.07, 6.45) is 1.25. The largest absolute Gasteiger partial charge is 0.211 e. The molecule has 22 heavy (non-hydrogen) atoms. The first-order chi connectivity index (χ1) is 10.6. The quantitative estimate of drug-likeness (QED) is 0.540. The molecule has 1 aromatic heterocycles. The highest BCUT2D eigenvalue weighted by Gasteiger charge is 2.13. The van der Waals surface area contributed by atoms with Gasteiger partial charge >= 0.3 is 0 Å². The average molecular weight is 303 g/mol. The van der Waals surface area contributed by atoms with Gasteiger partial charge in [-0.15, -0.1) is 0 Å². The van der Waals surface area contributed by atoms with Crippen molar-refractivity contribution in [2.24, 2.45) is 0 Å². The predicted octanol–water partition coefficient (Wildman–Crippen LogP) is 6.36. The van der Waals surface area contributed by atoms with Crippen LogP contribution >= 0.6 is 0 Å². The van der Waals surface area contributed by atoms with Crippen molar-refractivity contribution in [2.75, 3.05) is 0 Å². The van der Waals surface area contributed by atoms with E-state index >= 15 is 0 Å². The molecule has 1 nitrogen and oxygen atoms in total. The first kappa shape index (κ1) is 22.6. The van der Waals surface area contributed by atoms with E-state index in [-0.39, 0.29) is 0 Å². The van der Waals surface area contributed by atoms with E-state index in [9.17, 15) is 0 Å². The molecular formula is C21H36N+. The van der Waals surface area contributed by atoms with Crippen LogP contribution in [0.2, 0.25) is 0 Å². The van der Waals surface area contributed by atoms with Gasteiger partial charge in [-0.3, -0.25) is 0 Å².